The molecular formula is C19H24N2O3. The van der Waals surface area contributed by atoms with Gasteiger partial charge in [0.25, 0.3) is 5.91 Å². The molecular weight excluding hydrogens is 304 g/mol. The predicted octanol–water partition coefficient (Wildman–Crippen LogP) is 2.71. The summed E-state index contributed by atoms with van der Waals surface area (Å²) >= 11 is 0. The Labute approximate surface area is 142 Å². The van der Waals surface area contributed by atoms with Gasteiger partial charge in [0.15, 0.2) is 5.78 Å². The third-order valence-electron chi connectivity index (χ3n) is 4.79. The summed E-state index contributed by atoms with van der Waals surface area (Å²) in [6.07, 6.45) is 4.99. The van der Waals surface area contributed by atoms with Gasteiger partial charge in [-0.1, -0.05) is 26.0 Å². The number of carbonyl (C=O) groups excluding carboxylic acids is 3. The highest BCUT2D eigenvalue weighted by Gasteiger charge is 2.39. The number of hydrogen-bond donors (Lipinski definition) is 1. The topological polar surface area (TPSA) is 66.5 Å². The van der Waals surface area contributed by atoms with Crippen LogP contribution in [0.15, 0.2) is 18.2 Å². The number of fused-ring (bicyclic) bond motifs is 1. The fraction of sp³-hybridized carbons (Fsp3) is 0.526. The maximum absolute atomic E-state index is 12.5. The molecule has 1 heterocycles. The molecule has 0 saturated carbocycles. The lowest BCUT2D eigenvalue weighted by Crippen LogP contribution is -2.36. The van der Waals surface area contributed by atoms with Gasteiger partial charge in [0.1, 0.15) is 6.04 Å². The Hall–Kier alpha value is -2.17. The lowest BCUT2D eigenvalue weighted by atomic mass is 9.90. The van der Waals surface area contributed by atoms with Gasteiger partial charge in [-0.15, -0.1) is 0 Å². The van der Waals surface area contributed by atoms with E-state index in [0.29, 0.717) is 17.9 Å². The van der Waals surface area contributed by atoms with Crippen molar-refractivity contribution in [1.29, 1.82) is 0 Å². The van der Waals surface area contributed by atoms with Crippen LogP contribution in [0.3, 0.4) is 0 Å². The molecule has 1 aliphatic heterocycles. The number of nitrogens with one attached hydrogen (secondary N) is 1. The lowest BCUT2D eigenvalue weighted by Gasteiger charge is -2.17. The number of aryl methyl sites for hydroxylation is 2. The monoisotopic (exact) mass is 328 g/mol. The lowest BCUT2D eigenvalue weighted by molar-refractivity contribution is -0.127. The van der Waals surface area contributed by atoms with Gasteiger partial charge in [-0.2, -0.15) is 0 Å². The molecule has 0 bridgehead atoms. The highest BCUT2D eigenvalue weighted by atomic mass is 16.2. The van der Waals surface area contributed by atoms with Gasteiger partial charge in [-0.05, 0) is 55.2 Å². The number of rotatable bonds is 5. The van der Waals surface area contributed by atoms with Crippen LogP contribution in [0, 0.1) is 5.92 Å². The summed E-state index contributed by atoms with van der Waals surface area (Å²) in [5.74, 6) is -0.173. The zero-order chi connectivity index (χ0) is 17.3. The summed E-state index contributed by atoms with van der Waals surface area (Å²) in [5, 5.41) is 2.68. The molecule has 3 rings (SSSR count). The number of ketones is 1. The highest BCUT2D eigenvalue weighted by molar-refractivity contribution is 6.09. The zero-order valence-electron chi connectivity index (χ0n) is 14.3. The second-order valence-corrected chi connectivity index (χ2v) is 7.17. The Balaban J connectivity index is 1.70. The van der Waals surface area contributed by atoms with E-state index in [0.717, 1.165) is 24.2 Å². The van der Waals surface area contributed by atoms with Crippen LogP contribution in [0.4, 0.5) is 4.79 Å². The number of imide groups is 1. The molecule has 2 aliphatic rings. The van der Waals surface area contributed by atoms with Crippen molar-refractivity contribution < 1.29 is 14.4 Å². The minimum atomic E-state index is -0.506. The minimum Gasteiger partial charge on any atom is -0.326 e. The average molecular weight is 328 g/mol. The van der Waals surface area contributed by atoms with Gasteiger partial charge in [0, 0.05) is 5.56 Å². The Bertz CT molecular complexity index is 681. The van der Waals surface area contributed by atoms with Gasteiger partial charge in [-0.25, -0.2) is 4.79 Å². The van der Waals surface area contributed by atoms with E-state index in [-0.39, 0.29) is 18.2 Å². The first-order valence-electron chi connectivity index (χ1n) is 8.72. The molecule has 1 N–H and O–H groups in total. The summed E-state index contributed by atoms with van der Waals surface area (Å²) in [6.45, 7) is 3.82. The van der Waals surface area contributed by atoms with E-state index < -0.39 is 12.1 Å². The molecule has 128 valence electrons. The molecule has 0 radical (unpaired) electrons. The fourth-order valence-electron chi connectivity index (χ4n) is 3.50. The Morgan fingerprint density at radius 1 is 1.21 bits per heavy atom. The zero-order valence-corrected chi connectivity index (χ0v) is 14.3. The molecule has 1 atom stereocenters. The summed E-state index contributed by atoms with van der Waals surface area (Å²) in [6, 6.07) is 4.79. The van der Waals surface area contributed by atoms with Crippen LogP contribution < -0.4 is 5.32 Å². The van der Waals surface area contributed by atoms with E-state index in [4.69, 9.17) is 0 Å². The van der Waals surface area contributed by atoms with E-state index in [1.54, 1.807) is 0 Å². The van der Waals surface area contributed by atoms with Gasteiger partial charge < -0.3 is 5.32 Å². The maximum atomic E-state index is 12.5. The van der Waals surface area contributed by atoms with E-state index in [2.05, 4.69) is 5.32 Å². The number of Topliss-reactive ketones (excluding diaryl/α,β-unsaturated/α-hetero) is 1. The first-order chi connectivity index (χ1) is 11.5. The van der Waals surface area contributed by atoms with Crippen LogP contribution in [0.5, 0.6) is 0 Å². The first kappa shape index (κ1) is 16.7. The summed E-state index contributed by atoms with van der Waals surface area (Å²) in [5.41, 5.74) is 3.12. The fourth-order valence-corrected chi connectivity index (χ4v) is 3.50. The van der Waals surface area contributed by atoms with Crippen molar-refractivity contribution >= 4 is 17.7 Å². The maximum Gasteiger partial charge on any atom is 0.325 e. The van der Waals surface area contributed by atoms with Crippen molar-refractivity contribution in [3.8, 4) is 0 Å². The number of urea groups is 1. The Kier molecular flexibility index (Phi) is 4.69. The van der Waals surface area contributed by atoms with Crippen LogP contribution in [-0.2, 0) is 17.6 Å². The second-order valence-electron chi connectivity index (χ2n) is 7.17. The molecule has 0 aromatic heterocycles. The van der Waals surface area contributed by atoms with Gasteiger partial charge in [-0.3, -0.25) is 14.5 Å². The number of benzene rings is 1. The molecule has 1 aromatic rings. The molecule has 24 heavy (non-hydrogen) atoms. The van der Waals surface area contributed by atoms with Gasteiger partial charge in [0.2, 0.25) is 0 Å². The van der Waals surface area contributed by atoms with Gasteiger partial charge in [0.05, 0.1) is 6.54 Å². The standard InChI is InChI=1S/C19H24N2O3/c1-12(2)9-16-18(23)21(19(24)20-16)11-17(22)15-8-7-13-5-3-4-6-14(13)10-15/h7-8,10,12,16H,3-6,9,11H2,1-2H3,(H,20,24). The molecule has 1 unspecified atom stereocenters. The van der Waals surface area contributed by atoms with E-state index in [1.807, 2.05) is 32.0 Å². The van der Waals surface area contributed by atoms with Crippen molar-refractivity contribution in [3.63, 3.8) is 0 Å². The van der Waals surface area contributed by atoms with Crippen LogP contribution in [0.1, 0.15) is 54.6 Å². The Morgan fingerprint density at radius 2 is 1.92 bits per heavy atom. The minimum absolute atomic E-state index is 0.182. The van der Waals surface area contributed by atoms with Crippen LogP contribution in [0.25, 0.3) is 0 Å². The van der Waals surface area contributed by atoms with Crippen molar-refractivity contribution in [1.82, 2.24) is 10.2 Å². The van der Waals surface area contributed by atoms with Crippen LogP contribution >= 0.6 is 0 Å². The smallest absolute Gasteiger partial charge is 0.325 e. The number of nitrogens with zero attached hydrogens (tertiary/aromatic N) is 1. The highest BCUT2D eigenvalue weighted by Crippen LogP contribution is 2.23. The number of hydrogen-bond acceptors (Lipinski definition) is 3. The molecule has 5 heteroatoms. The molecule has 1 saturated heterocycles. The summed E-state index contributed by atoms with van der Waals surface area (Å²) < 4.78 is 0. The third-order valence-corrected chi connectivity index (χ3v) is 4.79. The quantitative estimate of drug-likeness (QED) is 0.667. The number of carbonyl (C=O) groups is 3. The third kappa shape index (κ3) is 3.35. The summed E-state index contributed by atoms with van der Waals surface area (Å²) in [4.78, 5) is 37.9. The second kappa shape index (κ2) is 6.75. The van der Waals surface area contributed by atoms with Crippen molar-refractivity contribution in [3.05, 3.63) is 34.9 Å². The molecule has 1 fully saturated rings. The van der Waals surface area contributed by atoms with Crippen molar-refractivity contribution in [2.24, 2.45) is 5.92 Å². The van der Waals surface area contributed by atoms with E-state index >= 15 is 0 Å². The largest absolute Gasteiger partial charge is 0.326 e. The summed E-state index contributed by atoms with van der Waals surface area (Å²) in [7, 11) is 0. The van der Waals surface area contributed by atoms with Crippen molar-refractivity contribution in [2.45, 2.75) is 52.0 Å². The molecule has 1 aromatic carbocycles. The molecule has 5 nitrogen and oxygen atoms in total. The van der Waals surface area contributed by atoms with Crippen LogP contribution in [-0.4, -0.2) is 35.2 Å². The SMILES string of the molecule is CC(C)CC1NC(=O)N(CC(=O)c2ccc3c(c2)CCCC3)C1=O. The predicted molar refractivity (Wildman–Crippen MR) is 90.9 cm³/mol. The normalized spacial score (nSPS) is 20.3. The molecule has 3 amide bonds. The van der Waals surface area contributed by atoms with Gasteiger partial charge >= 0.3 is 6.03 Å². The Morgan fingerprint density at radius 3 is 2.62 bits per heavy atom. The van der Waals surface area contributed by atoms with Crippen LogP contribution in [0.2, 0.25) is 0 Å². The number of amides is 3. The first-order valence-corrected chi connectivity index (χ1v) is 8.72. The van der Waals surface area contributed by atoms with E-state index in [1.165, 1.54) is 17.5 Å². The average Bonchev–Trinajstić information content (AvgIpc) is 2.81. The van der Waals surface area contributed by atoms with Crippen molar-refractivity contribution in [2.75, 3.05) is 6.54 Å². The molecule has 0 spiro atoms. The van der Waals surface area contributed by atoms with E-state index in [9.17, 15) is 14.4 Å². The molecule has 1 aliphatic carbocycles.